The first kappa shape index (κ1) is 18.7. The summed E-state index contributed by atoms with van der Waals surface area (Å²) in [5, 5.41) is 0.673. The van der Waals surface area contributed by atoms with Crippen LogP contribution >= 0.6 is 23.4 Å². The Bertz CT molecular complexity index is 857. The highest BCUT2D eigenvalue weighted by atomic mass is 35.5. The molecule has 0 N–H and O–H groups in total. The second-order valence-electron chi connectivity index (χ2n) is 6.14. The van der Waals surface area contributed by atoms with Crippen LogP contribution in [0.4, 0.5) is 0 Å². The molecular weight excluding hydrogens is 366 g/mol. The molecule has 0 radical (unpaired) electrons. The second kappa shape index (κ2) is 8.11. The standard InChI is InChI=1S/C21H20ClNO2S/c1-3-26-19-18(16-8-4-14(2)5-9-16)20(24)23(21(19)25)13-12-15-6-10-17(22)11-7-15/h4-11H,3,12-13H2,1-2H3. The van der Waals surface area contributed by atoms with Gasteiger partial charge in [-0.1, -0.05) is 60.5 Å². The molecule has 0 aromatic heterocycles. The van der Waals surface area contributed by atoms with Crippen molar-refractivity contribution in [1.82, 2.24) is 4.90 Å². The van der Waals surface area contributed by atoms with E-state index in [2.05, 4.69) is 0 Å². The Morgan fingerprint density at radius 2 is 1.62 bits per heavy atom. The topological polar surface area (TPSA) is 37.4 Å². The van der Waals surface area contributed by atoms with E-state index in [-0.39, 0.29) is 11.8 Å². The normalized spacial score (nSPS) is 14.5. The van der Waals surface area contributed by atoms with Crippen LogP contribution in [-0.4, -0.2) is 29.0 Å². The van der Waals surface area contributed by atoms with Gasteiger partial charge in [-0.05, 0) is 42.4 Å². The summed E-state index contributed by atoms with van der Waals surface area (Å²) in [5.74, 6) is 0.351. The van der Waals surface area contributed by atoms with E-state index in [1.807, 2.05) is 62.4 Å². The SMILES string of the molecule is CCSC1=C(c2ccc(C)cc2)C(=O)N(CCc2ccc(Cl)cc2)C1=O. The van der Waals surface area contributed by atoms with Crippen LogP contribution in [0.2, 0.25) is 5.02 Å². The van der Waals surface area contributed by atoms with Gasteiger partial charge in [0.15, 0.2) is 0 Å². The monoisotopic (exact) mass is 385 g/mol. The van der Waals surface area contributed by atoms with Crippen LogP contribution in [0.3, 0.4) is 0 Å². The number of imide groups is 1. The lowest BCUT2D eigenvalue weighted by molar-refractivity contribution is -0.136. The van der Waals surface area contributed by atoms with Crippen LogP contribution in [0.5, 0.6) is 0 Å². The molecule has 2 amide bonds. The van der Waals surface area contributed by atoms with Crippen molar-refractivity contribution >= 4 is 40.8 Å². The van der Waals surface area contributed by atoms with Crippen LogP contribution in [0.15, 0.2) is 53.4 Å². The van der Waals surface area contributed by atoms with Crippen molar-refractivity contribution in [1.29, 1.82) is 0 Å². The third-order valence-corrected chi connectivity index (χ3v) is 5.50. The van der Waals surface area contributed by atoms with Gasteiger partial charge in [0, 0.05) is 11.6 Å². The Kier molecular flexibility index (Phi) is 5.84. The zero-order valence-electron chi connectivity index (χ0n) is 14.8. The molecule has 0 unspecified atom stereocenters. The predicted octanol–water partition coefficient (Wildman–Crippen LogP) is 4.72. The van der Waals surface area contributed by atoms with E-state index in [0.717, 1.165) is 22.4 Å². The number of carbonyl (C=O) groups is 2. The van der Waals surface area contributed by atoms with Gasteiger partial charge in [0.2, 0.25) is 0 Å². The van der Waals surface area contributed by atoms with Gasteiger partial charge in [-0.3, -0.25) is 14.5 Å². The zero-order valence-corrected chi connectivity index (χ0v) is 16.4. The Morgan fingerprint density at radius 3 is 2.23 bits per heavy atom. The summed E-state index contributed by atoms with van der Waals surface area (Å²) in [6.07, 6.45) is 0.611. The quantitative estimate of drug-likeness (QED) is 0.675. The molecule has 0 aliphatic carbocycles. The van der Waals surface area contributed by atoms with E-state index in [0.29, 0.717) is 28.5 Å². The number of halogens is 1. The largest absolute Gasteiger partial charge is 0.274 e. The third-order valence-electron chi connectivity index (χ3n) is 4.29. The molecule has 1 aliphatic heterocycles. The lowest BCUT2D eigenvalue weighted by Gasteiger charge is -2.15. The van der Waals surface area contributed by atoms with Gasteiger partial charge in [-0.2, -0.15) is 0 Å². The highest BCUT2D eigenvalue weighted by molar-refractivity contribution is 8.04. The highest BCUT2D eigenvalue weighted by Gasteiger charge is 2.38. The maximum atomic E-state index is 13.0. The molecule has 2 aromatic carbocycles. The molecule has 0 fully saturated rings. The molecule has 0 bridgehead atoms. The molecule has 0 spiro atoms. The predicted molar refractivity (Wildman–Crippen MR) is 108 cm³/mol. The Labute approximate surface area is 163 Å². The summed E-state index contributed by atoms with van der Waals surface area (Å²) in [6, 6.07) is 15.2. The molecule has 5 heteroatoms. The van der Waals surface area contributed by atoms with Crippen molar-refractivity contribution in [3.63, 3.8) is 0 Å². The van der Waals surface area contributed by atoms with Gasteiger partial charge < -0.3 is 0 Å². The number of rotatable bonds is 6. The van der Waals surface area contributed by atoms with E-state index in [1.54, 1.807) is 0 Å². The number of nitrogens with zero attached hydrogens (tertiary/aromatic N) is 1. The van der Waals surface area contributed by atoms with E-state index < -0.39 is 0 Å². The summed E-state index contributed by atoms with van der Waals surface area (Å²) in [5.41, 5.74) is 3.50. The minimum atomic E-state index is -0.205. The van der Waals surface area contributed by atoms with E-state index >= 15 is 0 Å². The Morgan fingerprint density at radius 1 is 0.962 bits per heavy atom. The molecule has 134 valence electrons. The molecule has 0 atom stereocenters. The van der Waals surface area contributed by atoms with Crippen molar-refractivity contribution in [3.8, 4) is 0 Å². The first-order valence-corrected chi connectivity index (χ1v) is 9.92. The van der Waals surface area contributed by atoms with Crippen LogP contribution < -0.4 is 0 Å². The second-order valence-corrected chi connectivity index (χ2v) is 7.85. The van der Waals surface area contributed by atoms with Crippen molar-refractivity contribution in [2.45, 2.75) is 20.3 Å². The summed E-state index contributed by atoms with van der Waals surface area (Å²) in [4.78, 5) is 27.7. The first-order chi connectivity index (χ1) is 12.5. The molecule has 0 saturated heterocycles. The number of thioether (sulfide) groups is 1. The van der Waals surface area contributed by atoms with E-state index in [9.17, 15) is 9.59 Å². The lowest BCUT2D eigenvalue weighted by atomic mass is 10.0. The summed E-state index contributed by atoms with van der Waals surface area (Å²) >= 11 is 7.34. The summed E-state index contributed by atoms with van der Waals surface area (Å²) in [7, 11) is 0. The Hall–Kier alpha value is -2.04. The minimum Gasteiger partial charge on any atom is -0.274 e. The maximum Gasteiger partial charge on any atom is 0.267 e. The van der Waals surface area contributed by atoms with Crippen molar-refractivity contribution < 1.29 is 9.59 Å². The molecule has 1 heterocycles. The highest BCUT2D eigenvalue weighted by Crippen LogP contribution is 2.36. The fraction of sp³-hybridized carbons (Fsp3) is 0.238. The molecule has 0 saturated carbocycles. The van der Waals surface area contributed by atoms with Crippen LogP contribution in [0, 0.1) is 6.92 Å². The van der Waals surface area contributed by atoms with Gasteiger partial charge in [0.05, 0.1) is 10.5 Å². The number of benzene rings is 2. The summed E-state index contributed by atoms with van der Waals surface area (Å²) < 4.78 is 0. The molecule has 1 aliphatic rings. The molecule has 3 rings (SSSR count). The minimum absolute atomic E-state index is 0.189. The number of carbonyl (C=O) groups excluding carboxylic acids is 2. The summed E-state index contributed by atoms with van der Waals surface area (Å²) in [6.45, 7) is 4.35. The van der Waals surface area contributed by atoms with Crippen molar-refractivity contribution in [2.24, 2.45) is 0 Å². The third kappa shape index (κ3) is 3.87. The smallest absolute Gasteiger partial charge is 0.267 e. The fourth-order valence-corrected chi connectivity index (χ4v) is 3.90. The number of hydrogen-bond donors (Lipinski definition) is 0. The van der Waals surface area contributed by atoms with Crippen LogP contribution in [-0.2, 0) is 16.0 Å². The maximum absolute atomic E-state index is 13.0. The average Bonchev–Trinajstić information content (AvgIpc) is 2.86. The Balaban J connectivity index is 1.84. The van der Waals surface area contributed by atoms with Crippen LogP contribution in [0.25, 0.3) is 5.57 Å². The number of aryl methyl sites for hydroxylation is 1. The number of hydrogen-bond acceptors (Lipinski definition) is 3. The van der Waals surface area contributed by atoms with Gasteiger partial charge in [0.25, 0.3) is 11.8 Å². The van der Waals surface area contributed by atoms with Crippen LogP contribution in [0.1, 0.15) is 23.6 Å². The fourth-order valence-electron chi connectivity index (χ4n) is 2.90. The first-order valence-electron chi connectivity index (χ1n) is 8.56. The van der Waals surface area contributed by atoms with Gasteiger partial charge in [0.1, 0.15) is 0 Å². The number of amides is 2. The van der Waals surface area contributed by atoms with Gasteiger partial charge in [-0.25, -0.2) is 0 Å². The van der Waals surface area contributed by atoms with Crippen molar-refractivity contribution in [3.05, 3.63) is 75.1 Å². The molecule has 3 nitrogen and oxygen atoms in total. The van der Waals surface area contributed by atoms with Crippen molar-refractivity contribution in [2.75, 3.05) is 12.3 Å². The van der Waals surface area contributed by atoms with Gasteiger partial charge >= 0.3 is 0 Å². The van der Waals surface area contributed by atoms with E-state index in [4.69, 9.17) is 11.6 Å². The molecule has 2 aromatic rings. The van der Waals surface area contributed by atoms with Gasteiger partial charge in [-0.15, -0.1) is 11.8 Å². The molecule has 26 heavy (non-hydrogen) atoms. The van der Waals surface area contributed by atoms with E-state index in [1.165, 1.54) is 16.7 Å². The lowest BCUT2D eigenvalue weighted by Crippen LogP contribution is -2.33. The molecular formula is C21H20ClNO2S. The zero-order chi connectivity index (χ0) is 18.7. The average molecular weight is 386 g/mol.